The zero-order chi connectivity index (χ0) is 26.6. The van der Waals surface area contributed by atoms with E-state index in [2.05, 4.69) is 43.9 Å². The van der Waals surface area contributed by atoms with Gasteiger partial charge in [0.2, 0.25) is 10.0 Å². The van der Waals surface area contributed by atoms with Crippen LogP contribution in [0.5, 0.6) is 11.5 Å². The minimum Gasteiger partial charge on any atom is -0.506 e. The summed E-state index contributed by atoms with van der Waals surface area (Å²) in [5, 5.41) is 23.0. The van der Waals surface area contributed by atoms with Crippen molar-refractivity contribution in [3.05, 3.63) is 53.6 Å². The second kappa shape index (κ2) is 11.0. The van der Waals surface area contributed by atoms with E-state index in [0.29, 0.717) is 16.9 Å². The summed E-state index contributed by atoms with van der Waals surface area (Å²) in [5.41, 5.74) is 1.18. The third kappa shape index (κ3) is 7.96. The van der Waals surface area contributed by atoms with Gasteiger partial charge in [-0.1, -0.05) is 39.0 Å². The molecule has 9 nitrogen and oxygen atoms in total. The molecule has 2 unspecified atom stereocenters. The molecule has 4 N–H and O–H groups in total. The summed E-state index contributed by atoms with van der Waals surface area (Å²) in [7, 11) is -4.41. The SMILES string of the molecule is COc1ccc(C(NCC(O[Si](C)(C)C(C)(C)C)c2ccc(O)c(NS(C)(=O)=O)c2)C(=O)O)cc1. The van der Waals surface area contributed by atoms with Crippen molar-refractivity contribution in [1.29, 1.82) is 0 Å². The Labute approximate surface area is 208 Å². The molecule has 0 heterocycles. The average molecular weight is 525 g/mol. The van der Waals surface area contributed by atoms with Crippen LogP contribution < -0.4 is 14.8 Å². The fourth-order valence-corrected chi connectivity index (χ4v) is 5.01. The fraction of sp³-hybridized carbons (Fsp3) is 0.458. The highest BCUT2D eigenvalue weighted by atomic mass is 32.2. The Morgan fingerprint density at radius 2 is 1.66 bits per heavy atom. The molecule has 0 aromatic heterocycles. The number of phenolic OH excluding ortho intramolecular Hbond substituents is 1. The number of phenols is 1. The van der Waals surface area contributed by atoms with Gasteiger partial charge in [-0.15, -0.1) is 0 Å². The van der Waals surface area contributed by atoms with Crippen molar-refractivity contribution in [2.24, 2.45) is 0 Å². The molecule has 0 saturated heterocycles. The predicted octanol–water partition coefficient (Wildman–Crippen LogP) is 4.25. The van der Waals surface area contributed by atoms with Crippen molar-refractivity contribution >= 4 is 30.0 Å². The predicted molar refractivity (Wildman–Crippen MR) is 139 cm³/mol. The lowest BCUT2D eigenvalue weighted by atomic mass is 10.0. The molecule has 0 fully saturated rings. The number of nitrogens with one attached hydrogen (secondary N) is 2. The Hall–Kier alpha value is -2.60. The summed E-state index contributed by atoms with van der Waals surface area (Å²) in [6, 6.07) is 10.3. The normalized spacial score (nSPS) is 14.3. The van der Waals surface area contributed by atoms with E-state index in [1.807, 2.05) is 0 Å². The standard InChI is InChI=1S/C24H36N2O7SSi/c1-24(2,3)35(6,7)33-21(17-10-13-20(27)19(14-17)26-34(5,30)31)15-25-22(23(28)29)16-8-11-18(32-4)12-9-16/h8-14,21-22,25-27H,15H2,1-7H3,(H,28,29). The average Bonchev–Trinajstić information content (AvgIpc) is 2.73. The van der Waals surface area contributed by atoms with Gasteiger partial charge in [0.1, 0.15) is 17.5 Å². The molecule has 11 heteroatoms. The maximum atomic E-state index is 12.1. The summed E-state index contributed by atoms with van der Waals surface area (Å²) in [6.07, 6.45) is 0.396. The zero-order valence-electron chi connectivity index (χ0n) is 21.2. The first-order chi connectivity index (χ1) is 16.0. The topological polar surface area (TPSA) is 134 Å². The number of carbonyl (C=O) groups is 1. The molecule has 0 aliphatic rings. The molecule has 0 radical (unpaired) electrons. The summed E-state index contributed by atoms with van der Waals surface area (Å²) in [4.78, 5) is 12.1. The largest absolute Gasteiger partial charge is 0.506 e. The summed E-state index contributed by atoms with van der Waals surface area (Å²) in [5.74, 6) is -0.654. The van der Waals surface area contributed by atoms with Crippen molar-refractivity contribution in [2.45, 2.75) is 51.0 Å². The number of carboxylic acids is 1. The van der Waals surface area contributed by atoms with E-state index in [1.54, 1.807) is 30.3 Å². The Kier molecular flexibility index (Phi) is 8.98. The number of hydrogen-bond acceptors (Lipinski definition) is 7. The molecule has 35 heavy (non-hydrogen) atoms. The maximum absolute atomic E-state index is 12.1. The molecule has 2 rings (SSSR count). The Morgan fingerprint density at radius 3 is 2.14 bits per heavy atom. The van der Waals surface area contributed by atoms with Gasteiger partial charge in [0.25, 0.3) is 0 Å². The lowest BCUT2D eigenvalue weighted by Crippen LogP contribution is -2.44. The number of ether oxygens (including phenoxy) is 1. The van der Waals surface area contributed by atoms with Crippen LogP contribution in [0.1, 0.15) is 44.0 Å². The van der Waals surface area contributed by atoms with Gasteiger partial charge < -0.3 is 19.4 Å². The van der Waals surface area contributed by atoms with E-state index < -0.39 is 36.5 Å². The van der Waals surface area contributed by atoms with Gasteiger partial charge in [-0.3, -0.25) is 14.8 Å². The minimum absolute atomic E-state index is 0.0266. The van der Waals surface area contributed by atoms with E-state index in [-0.39, 0.29) is 23.0 Å². The third-order valence-corrected chi connectivity index (χ3v) is 11.2. The van der Waals surface area contributed by atoms with Crippen molar-refractivity contribution in [3.63, 3.8) is 0 Å². The van der Waals surface area contributed by atoms with Gasteiger partial charge in [0.15, 0.2) is 8.32 Å². The van der Waals surface area contributed by atoms with Gasteiger partial charge >= 0.3 is 5.97 Å². The lowest BCUT2D eigenvalue weighted by Gasteiger charge is -2.39. The van der Waals surface area contributed by atoms with Crippen LogP contribution in [-0.4, -0.2) is 52.8 Å². The molecule has 2 aromatic carbocycles. The molecular weight excluding hydrogens is 488 g/mol. The molecule has 0 aliphatic heterocycles. The lowest BCUT2D eigenvalue weighted by molar-refractivity contribution is -0.139. The highest BCUT2D eigenvalue weighted by Crippen LogP contribution is 2.40. The molecule has 0 amide bonds. The maximum Gasteiger partial charge on any atom is 0.325 e. The molecule has 0 spiro atoms. The van der Waals surface area contributed by atoms with Crippen LogP contribution in [0.2, 0.25) is 18.1 Å². The highest BCUT2D eigenvalue weighted by molar-refractivity contribution is 7.92. The second-order valence-corrected chi connectivity index (χ2v) is 16.5. The highest BCUT2D eigenvalue weighted by Gasteiger charge is 2.40. The van der Waals surface area contributed by atoms with Crippen LogP contribution in [0.3, 0.4) is 0 Å². The number of benzene rings is 2. The Balaban J connectivity index is 2.42. The Bertz CT molecular complexity index is 1130. The van der Waals surface area contributed by atoms with Gasteiger partial charge in [0.05, 0.1) is 25.2 Å². The first-order valence-electron chi connectivity index (χ1n) is 11.1. The van der Waals surface area contributed by atoms with Gasteiger partial charge in [-0.2, -0.15) is 0 Å². The number of rotatable bonds is 11. The molecule has 0 bridgehead atoms. The monoisotopic (exact) mass is 524 g/mol. The molecule has 2 aromatic rings. The van der Waals surface area contributed by atoms with Crippen molar-refractivity contribution in [1.82, 2.24) is 5.32 Å². The van der Waals surface area contributed by atoms with Gasteiger partial charge in [0, 0.05) is 6.54 Å². The van der Waals surface area contributed by atoms with Crippen LogP contribution in [-0.2, 0) is 19.2 Å². The van der Waals surface area contributed by atoms with E-state index >= 15 is 0 Å². The van der Waals surface area contributed by atoms with E-state index in [9.17, 15) is 23.4 Å². The minimum atomic E-state index is -3.62. The van der Waals surface area contributed by atoms with E-state index in [0.717, 1.165) is 6.26 Å². The molecule has 2 atom stereocenters. The molecule has 0 aliphatic carbocycles. The van der Waals surface area contributed by atoms with Crippen molar-refractivity contribution in [2.75, 3.05) is 24.6 Å². The summed E-state index contributed by atoms with van der Waals surface area (Å²) < 4.78 is 37.6. The van der Waals surface area contributed by atoms with Gasteiger partial charge in [-0.25, -0.2) is 8.42 Å². The van der Waals surface area contributed by atoms with E-state index in [1.165, 1.54) is 19.2 Å². The van der Waals surface area contributed by atoms with Crippen LogP contribution in [0.15, 0.2) is 42.5 Å². The van der Waals surface area contributed by atoms with Crippen LogP contribution in [0.4, 0.5) is 5.69 Å². The van der Waals surface area contributed by atoms with Gasteiger partial charge in [-0.05, 0) is 53.5 Å². The van der Waals surface area contributed by atoms with Crippen LogP contribution >= 0.6 is 0 Å². The summed E-state index contributed by atoms with van der Waals surface area (Å²) >= 11 is 0. The van der Waals surface area contributed by atoms with Crippen LogP contribution in [0.25, 0.3) is 0 Å². The molecular formula is C24H36N2O7SSi. The second-order valence-electron chi connectivity index (χ2n) is 9.97. The summed E-state index contributed by atoms with van der Waals surface area (Å²) in [6.45, 7) is 10.6. The smallest absolute Gasteiger partial charge is 0.325 e. The molecule has 194 valence electrons. The number of hydrogen-bond donors (Lipinski definition) is 4. The number of aromatic hydroxyl groups is 1. The first-order valence-corrected chi connectivity index (χ1v) is 15.9. The fourth-order valence-electron chi connectivity index (χ4n) is 3.16. The first kappa shape index (κ1) is 28.6. The number of anilines is 1. The third-order valence-electron chi connectivity index (χ3n) is 6.13. The van der Waals surface area contributed by atoms with Crippen molar-refractivity contribution in [3.8, 4) is 11.5 Å². The van der Waals surface area contributed by atoms with E-state index in [4.69, 9.17) is 9.16 Å². The number of sulfonamides is 1. The number of aliphatic carboxylic acids is 1. The Morgan fingerprint density at radius 1 is 1.09 bits per heavy atom. The zero-order valence-corrected chi connectivity index (χ0v) is 23.1. The molecule has 0 saturated carbocycles. The quantitative estimate of drug-likeness (QED) is 0.253. The van der Waals surface area contributed by atoms with Crippen molar-refractivity contribution < 1.29 is 32.6 Å². The van der Waals surface area contributed by atoms with Crippen LogP contribution in [0, 0.1) is 0 Å². The number of carboxylic acid groups (broad SMARTS) is 1. The number of methoxy groups -OCH3 is 1.